The van der Waals surface area contributed by atoms with E-state index in [-0.39, 0.29) is 0 Å². The van der Waals surface area contributed by atoms with Crippen molar-refractivity contribution in [3.63, 3.8) is 0 Å². The third-order valence-corrected chi connectivity index (χ3v) is 4.26. The van der Waals surface area contributed by atoms with Gasteiger partial charge in [0.1, 0.15) is 0 Å². The summed E-state index contributed by atoms with van der Waals surface area (Å²) in [4.78, 5) is 0.354. The highest BCUT2D eigenvalue weighted by atomic mass is 36.0. The van der Waals surface area contributed by atoms with Crippen LogP contribution in [-0.4, -0.2) is 47.4 Å². The lowest BCUT2D eigenvalue weighted by Crippen LogP contribution is -2.40. The molecule has 20 heavy (non-hydrogen) atoms. The Hall–Kier alpha value is -0.380. The minimum absolute atomic E-state index is 0.354. The van der Waals surface area contributed by atoms with Crippen molar-refractivity contribution >= 4 is 39.7 Å². The molecule has 0 aromatic heterocycles. The lowest BCUT2D eigenvalue weighted by Gasteiger charge is -2.25. The summed E-state index contributed by atoms with van der Waals surface area (Å²) in [6.45, 7) is 1.84. The van der Waals surface area contributed by atoms with E-state index in [1.807, 2.05) is 0 Å². The Labute approximate surface area is 127 Å². The second-order valence-corrected chi connectivity index (χ2v) is 9.31. The summed E-state index contributed by atoms with van der Waals surface area (Å²) in [5.74, 6) is 0. The van der Waals surface area contributed by atoms with Crippen LogP contribution in [-0.2, 0) is 23.0 Å². The molecule has 1 aromatic carbocycles. The van der Waals surface area contributed by atoms with Crippen LogP contribution in [0.5, 0.6) is 0 Å². The van der Waals surface area contributed by atoms with Crippen LogP contribution in [0.3, 0.4) is 0 Å². The number of nitrogens with zero attached hydrogens (tertiary/aromatic N) is 1. The molecule has 1 aliphatic heterocycles. The summed E-state index contributed by atoms with van der Waals surface area (Å²) in [6.07, 6.45) is 0. The Morgan fingerprint density at radius 3 is 1.85 bits per heavy atom. The van der Waals surface area contributed by atoms with E-state index in [4.69, 9.17) is 13.2 Å². The number of ether oxygens (including phenoxy) is 1. The van der Waals surface area contributed by atoms with Gasteiger partial charge in [0.25, 0.3) is 0 Å². The zero-order valence-corrected chi connectivity index (χ0v) is 13.4. The first-order chi connectivity index (χ1) is 9.21. The van der Waals surface area contributed by atoms with E-state index in [2.05, 4.69) is 21.4 Å². The molecular weight excluding hydrogens is 349 g/mol. The third kappa shape index (κ3) is 6.38. The highest BCUT2D eigenvalue weighted by Crippen LogP contribution is 2.15. The molecular formula is C10H13Cl2NO5S2. The standard InChI is InChI=1S/C10H13NO3S.Cl2O2S/c12-15(13,10-4-2-1-3-5-10)11-6-8-14-9-7-11;1-5(2,3)4/h1-5H,6-9H2;. The van der Waals surface area contributed by atoms with Gasteiger partial charge < -0.3 is 4.74 Å². The van der Waals surface area contributed by atoms with E-state index < -0.39 is 18.3 Å². The topological polar surface area (TPSA) is 80.8 Å². The number of rotatable bonds is 2. The molecule has 0 unspecified atom stereocenters. The van der Waals surface area contributed by atoms with Gasteiger partial charge >= 0.3 is 8.26 Å². The molecule has 1 fully saturated rings. The van der Waals surface area contributed by atoms with Gasteiger partial charge in [0.15, 0.2) is 0 Å². The maximum Gasteiger partial charge on any atom is 0.317 e. The molecule has 0 bridgehead atoms. The fraction of sp³-hybridized carbons (Fsp3) is 0.400. The number of benzene rings is 1. The molecule has 0 N–H and O–H groups in total. The number of hydrogen-bond donors (Lipinski definition) is 0. The second kappa shape index (κ2) is 7.58. The lowest BCUT2D eigenvalue weighted by molar-refractivity contribution is 0.0730. The fourth-order valence-electron chi connectivity index (χ4n) is 1.53. The van der Waals surface area contributed by atoms with Crippen LogP contribution in [0.4, 0.5) is 0 Å². The highest BCUT2D eigenvalue weighted by molar-refractivity contribution is 8.31. The monoisotopic (exact) mass is 361 g/mol. The number of morpholine rings is 1. The van der Waals surface area contributed by atoms with Gasteiger partial charge in [-0.05, 0) is 12.1 Å². The Bertz CT molecular complexity index is 604. The van der Waals surface area contributed by atoms with Crippen molar-refractivity contribution < 1.29 is 21.6 Å². The van der Waals surface area contributed by atoms with E-state index in [9.17, 15) is 8.42 Å². The molecule has 114 valence electrons. The molecule has 0 saturated carbocycles. The molecule has 0 atom stereocenters. The van der Waals surface area contributed by atoms with Crippen molar-refractivity contribution in [1.29, 1.82) is 0 Å². The predicted molar refractivity (Wildman–Crippen MR) is 76.6 cm³/mol. The average Bonchev–Trinajstić information content (AvgIpc) is 2.39. The van der Waals surface area contributed by atoms with Gasteiger partial charge in [-0.15, -0.1) is 0 Å². The maximum absolute atomic E-state index is 12.1. The normalized spacial score (nSPS) is 17.1. The van der Waals surface area contributed by atoms with Crippen molar-refractivity contribution in [3.8, 4) is 0 Å². The summed E-state index contributed by atoms with van der Waals surface area (Å²) in [5, 5.41) is 0. The van der Waals surface area contributed by atoms with Crippen LogP contribution >= 0.6 is 21.4 Å². The lowest BCUT2D eigenvalue weighted by atomic mass is 10.4. The van der Waals surface area contributed by atoms with Crippen LogP contribution in [0.2, 0.25) is 0 Å². The molecule has 2 rings (SSSR count). The molecule has 10 heteroatoms. The predicted octanol–water partition coefficient (Wildman–Crippen LogP) is 1.42. The van der Waals surface area contributed by atoms with Gasteiger partial charge in [-0.25, -0.2) is 8.42 Å². The van der Waals surface area contributed by atoms with Crippen LogP contribution in [0, 0.1) is 0 Å². The van der Waals surface area contributed by atoms with E-state index in [0.717, 1.165) is 0 Å². The average molecular weight is 362 g/mol. The van der Waals surface area contributed by atoms with Gasteiger partial charge in [0, 0.05) is 34.5 Å². The van der Waals surface area contributed by atoms with E-state index in [1.165, 1.54) is 4.31 Å². The zero-order chi connectivity index (χ0) is 15.2. The van der Waals surface area contributed by atoms with Gasteiger partial charge in [0.05, 0.1) is 18.1 Å². The Morgan fingerprint density at radius 2 is 1.40 bits per heavy atom. The molecule has 1 saturated heterocycles. The molecule has 0 spiro atoms. The van der Waals surface area contributed by atoms with Crippen molar-refractivity contribution in [3.05, 3.63) is 30.3 Å². The quantitative estimate of drug-likeness (QED) is 0.744. The summed E-state index contributed by atoms with van der Waals surface area (Å²) in [6, 6.07) is 8.49. The second-order valence-electron chi connectivity index (χ2n) is 3.71. The first-order valence-corrected chi connectivity index (χ1v) is 10.1. The van der Waals surface area contributed by atoms with Crippen LogP contribution in [0.1, 0.15) is 0 Å². The minimum atomic E-state index is -3.72. The van der Waals surface area contributed by atoms with E-state index in [1.54, 1.807) is 30.3 Å². The number of hydrogen-bond acceptors (Lipinski definition) is 5. The Morgan fingerprint density at radius 1 is 0.950 bits per heavy atom. The smallest absolute Gasteiger partial charge is 0.317 e. The Kier molecular flexibility index (Phi) is 6.70. The van der Waals surface area contributed by atoms with Crippen molar-refractivity contribution in [2.45, 2.75) is 4.90 Å². The SMILES string of the molecule is O=S(=O)(Cl)Cl.O=S(=O)(c1ccccc1)N1CCOCC1. The van der Waals surface area contributed by atoms with Gasteiger partial charge in [-0.1, -0.05) is 18.2 Å². The molecule has 0 amide bonds. The summed E-state index contributed by atoms with van der Waals surface area (Å²) in [7, 11) is 1.50. The number of sulfonamides is 1. The molecule has 1 aliphatic rings. The van der Waals surface area contributed by atoms with Gasteiger partial charge in [-0.2, -0.15) is 12.7 Å². The molecule has 0 radical (unpaired) electrons. The van der Waals surface area contributed by atoms with Gasteiger partial charge in [-0.3, -0.25) is 0 Å². The van der Waals surface area contributed by atoms with Crippen molar-refractivity contribution in [2.75, 3.05) is 26.3 Å². The van der Waals surface area contributed by atoms with Crippen LogP contribution in [0.15, 0.2) is 35.2 Å². The third-order valence-electron chi connectivity index (χ3n) is 2.35. The van der Waals surface area contributed by atoms with Crippen LogP contribution in [0.25, 0.3) is 0 Å². The van der Waals surface area contributed by atoms with Gasteiger partial charge in [0.2, 0.25) is 10.0 Å². The highest BCUT2D eigenvalue weighted by Gasteiger charge is 2.25. The fourth-order valence-corrected chi connectivity index (χ4v) is 2.96. The van der Waals surface area contributed by atoms with E-state index >= 15 is 0 Å². The Balaban J connectivity index is 0.000000347. The van der Waals surface area contributed by atoms with Crippen molar-refractivity contribution in [1.82, 2.24) is 4.31 Å². The zero-order valence-electron chi connectivity index (χ0n) is 10.3. The molecule has 0 aliphatic carbocycles. The number of halogens is 2. The summed E-state index contributed by atoms with van der Waals surface area (Å²) in [5.41, 5.74) is 0. The largest absolute Gasteiger partial charge is 0.379 e. The summed E-state index contributed by atoms with van der Waals surface area (Å²) < 4.78 is 49.0. The minimum Gasteiger partial charge on any atom is -0.379 e. The molecule has 1 aromatic rings. The molecule has 1 heterocycles. The van der Waals surface area contributed by atoms with E-state index in [0.29, 0.717) is 31.2 Å². The first kappa shape index (κ1) is 17.7. The van der Waals surface area contributed by atoms with Crippen LogP contribution < -0.4 is 0 Å². The molecule has 6 nitrogen and oxygen atoms in total. The maximum atomic E-state index is 12.1. The van der Waals surface area contributed by atoms with Crippen molar-refractivity contribution in [2.24, 2.45) is 0 Å². The summed E-state index contributed by atoms with van der Waals surface area (Å²) >= 11 is 0. The first-order valence-electron chi connectivity index (χ1n) is 5.48.